The van der Waals surface area contributed by atoms with Gasteiger partial charge in [0.15, 0.2) is 0 Å². The molecule has 0 N–H and O–H groups in total. The number of ether oxygens (including phenoxy) is 1. The molecule has 0 spiro atoms. The second-order valence-corrected chi connectivity index (χ2v) is 6.18. The zero-order chi connectivity index (χ0) is 15.2. The van der Waals surface area contributed by atoms with E-state index in [0.717, 1.165) is 16.1 Å². The van der Waals surface area contributed by atoms with Crippen LogP contribution in [0.15, 0.2) is 30.3 Å². The topological polar surface area (TPSA) is 63.7 Å². The normalized spacial score (nSPS) is 12.7. The maximum absolute atomic E-state index is 11.9. The van der Waals surface area contributed by atoms with Crippen molar-refractivity contribution in [2.24, 2.45) is 0 Å². The number of benzene rings is 1. The van der Waals surface area contributed by atoms with Gasteiger partial charge in [-0.2, -0.15) is 4.31 Å². The molecule has 108 valence electrons. The van der Waals surface area contributed by atoms with Gasteiger partial charge in [0.2, 0.25) is 10.0 Å². The zero-order valence-electron chi connectivity index (χ0n) is 11.4. The fraction of sp³-hybridized carbons (Fsp3) is 0.357. The lowest BCUT2D eigenvalue weighted by Gasteiger charge is -2.26. The first-order chi connectivity index (χ1) is 9.40. The minimum absolute atomic E-state index is 0.175. The standard InChI is InChI=1S/C14H17NO4S/c1-4-10-15(20(3,17)18)13(14(16)19-2)11-12-8-6-5-7-9-12/h1,5-9,13H,10-11H2,2-3H3/t13-/m0/s1. The Labute approximate surface area is 119 Å². The summed E-state index contributed by atoms with van der Waals surface area (Å²) in [6.45, 7) is -0.175. The third kappa shape index (κ3) is 4.37. The van der Waals surface area contributed by atoms with Crippen LogP contribution in [0.3, 0.4) is 0 Å². The molecule has 0 aliphatic heterocycles. The maximum Gasteiger partial charge on any atom is 0.324 e. The molecule has 1 rings (SSSR count). The molecule has 0 aliphatic rings. The molecule has 0 saturated carbocycles. The highest BCUT2D eigenvalue weighted by Gasteiger charge is 2.32. The van der Waals surface area contributed by atoms with Crippen molar-refractivity contribution in [2.75, 3.05) is 19.9 Å². The van der Waals surface area contributed by atoms with Crippen LogP contribution in [0.25, 0.3) is 0 Å². The number of methoxy groups -OCH3 is 1. The molecule has 20 heavy (non-hydrogen) atoms. The van der Waals surface area contributed by atoms with E-state index < -0.39 is 22.0 Å². The molecule has 0 aromatic heterocycles. The van der Waals surface area contributed by atoms with E-state index in [0.29, 0.717) is 0 Å². The maximum atomic E-state index is 11.9. The predicted molar refractivity (Wildman–Crippen MR) is 76.3 cm³/mol. The number of carbonyl (C=O) groups is 1. The number of sulfonamides is 1. The predicted octanol–water partition coefficient (Wildman–Crippen LogP) is 0.665. The van der Waals surface area contributed by atoms with Crippen molar-refractivity contribution in [1.82, 2.24) is 4.31 Å². The molecule has 5 nitrogen and oxygen atoms in total. The van der Waals surface area contributed by atoms with Gasteiger partial charge in [-0.3, -0.25) is 4.79 Å². The van der Waals surface area contributed by atoms with Crippen LogP contribution in [0.1, 0.15) is 5.56 Å². The van der Waals surface area contributed by atoms with Crippen LogP contribution in [0.5, 0.6) is 0 Å². The van der Waals surface area contributed by atoms with Gasteiger partial charge in [0.25, 0.3) is 0 Å². The summed E-state index contributed by atoms with van der Waals surface area (Å²) >= 11 is 0. The lowest BCUT2D eigenvalue weighted by Crippen LogP contribution is -2.46. The Hall–Kier alpha value is -1.84. The van der Waals surface area contributed by atoms with Gasteiger partial charge < -0.3 is 4.74 Å². The first-order valence-corrected chi connectivity index (χ1v) is 7.77. The van der Waals surface area contributed by atoms with Crippen LogP contribution in [-0.4, -0.2) is 44.6 Å². The van der Waals surface area contributed by atoms with E-state index >= 15 is 0 Å². The van der Waals surface area contributed by atoms with Crippen molar-refractivity contribution < 1.29 is 17.9 Å². The summed E-state index contributed by atoms with van der Waals surface area (Å²) in [4.78, 5) is 11.9. The first-order valence-electron chi connectivity index (χ1n) is 5.92. The van der Waals surface area contributed by atoms with Gasteiger partial charge in [0.05, 0.1) is 19.9 Å². The molecule has 0 radical (unpaired) electrons. The van der Waals surface area contributed by atoms with Crippen molar-refractivity contribution in [1.29, 1.82) is 0 Å². The average molecular weight is 295 g/mol. The summed E-state index contributed by atoms with van der Waals surface area (Å²) in [7, 11) is -2.39. The van der Waals surface area contributed by atoms with Gasteiger partial charge in [0.1, 0.15) is 6.04 Å². The van der Waals surface area contributed by atoms with E-state index in [1.165, 1.54) is 7.11 Å². The van der Waals surface area contributed by atoms with Crippen LogP contribution in [-0.2, 0) is 26.0 Å². The molecule has 0 amide bonds. The van der Waals surface area contributed by atoms with E-state index in [1.807, 2.05) is 30.3 Å². The Morgan fingerprint density at radius 1 is 1.40 bits per heavy atom. The molecule has 6 heteroatoms. The van der Waals surface area contributed by atoms with Crippen molar-refractivity contribution in [3.05, 3.63) is 35.9 Å². The number of hydrogen-bond donors (Lipinski definition) is 0. The molecule has 0 unspecified atom stereocenters. The van der Waals surface area contributed by atoms with Gasteiger partial charge >= 0.3 is 5.97 Å². The van der Waals surface area contributed by atoms with Gasteiger partial charge in [-0.1, -0.05) is 36.3 Å². The summed E-state index contributed by atoms with van der Waals surface area (Å²) < 4.78 is 29.3. The molecule has 1 aromatic carbocycles. The lowest BCUT2D eigenvalue weighted by molar-refractivity contribution is -0.145. The Morgan fingerprint density at radius 2 is 2.00 bits per heavy atom. The fourth-order valence-electron chi connectivity index (χ4n) is 1.82. The lowest BCUT2D eigenvalue weighted by atomic mass is 10.1. The van der Waals surface area contributed by atoms with Crippen molar-refractivity contribution >= 4 is 16.0 Å². The summed E-state index contributed by atoms with van der Waals surface area (Å²) in [5, 5.41) is 0. The molecule has 1 atom stereocenters. The quantitative estimate of drug-likeness (QED) is 0.571. The number of carbonyl (C=O) groups excluding carboxylic acids is 1. The Kier molecular flexibility index (Phi) is 5.74. The molecule has 0 fully saturated rings. The third-order valence-electron chi connectivity index (χ3n) is 2.77. The minimum atomic E-state index is -3.61. The molecule has 0 heterocycles. The first kappa shape index (κ1) is 16.2. The molecular formula is C14H17NO4S. The van der Waals surface area contributed by atoms with Gasteiger partial charge in [-0.15, -0.1) is 6.42 Å². The van der Waals surface area contributed by atoms with E-state index in [1.54, 1.807) is 0 Å². The van der Waals surface area contributed by atoms with E-state index in [2.05, 4.69) is 5.92 Å². The molecular weight excluding hydrogens is 278 g/mol. The smallest absolute Gasteiger partial charge is 0.324 e. The fourth-order valence-corrected chi connectivity index (χ4v) is 2.76. The summed E-state index contributed by atoms with van der Waals surface area (Å²) in [6, 6.07) is 8.13. The van der Waals surface area contributed by atoms with Crippen LogP contribution >= 0.6 is 0 Å². The van der Waals surface area contributed by atoms with Gasteiger partial charge in [-0.25, -0.2) is 8.42 Å². The monoisotopic (exact) mass is 295 g/mol. The molecule has 0 bridgehead atoms. The number of esters is 1. The Morgan fingerprint density at radius 3 is 2.45 bits per heavy atom. The van der Waals surface area contributed by atoms with Gasteiger partial charge in [-0.05, 0) is 12.0 Å². The number of rotatable bonds is 6. The number of nitrogens with zero attached hydrogens (tertiary/aromatic N) is 1. The Bertz CT molecular complexity index is 589. The third-order valence-corrected chi connectivity index (χ3v) is 4.00. The SMILES string of the molecule is C#CCN([C@@H](Cc1ccccc1)C(=O)OC)S(C)(=O)=O. The van der Waals surface area contributed by atoms with Crippen LogP contribution in [0.4, 0.5) is 0 Å². The minimum Gasteiger partial charge on any atom is -0.468 e. The van der Waals surface area contributed by atoms with E-state index in [9.17, 15) is 13.2 Å². The number of hydrogen-bond acceptors (Lipinski definition) is 4. The van der Waals surface area contributed by atoms with Crippen LogP contribution in [0, 0.1) is 12.3 Å². The largest absolute Gasteiger partial charge is 0.468 e. The molecule has 0 aliphatic carbocycles. The Balaban J connectivity index is 3.11. The van der Waals surface area contributed by atoms with Crippen molar-refractivity contribution in [3.8, 4) is 12.3 Å². The highest BCUT2D eigenvalue weighted by Crippen LogP contribution is 2.13. The zero-order valence-corrected chi connectivity index (χ0v) is 12.3. The highest BCUT2D eigenvalue weighted by molar-refractivity contribution is 7.88. The number of terminal acetylenes is 1. The molecule has 0 saturated heterocycles. The van der Waals surface area contributed by atoms with E-state index in [-0.39, 0.29) is 13.0 Å². The van der Waals surface area contributed by atoms with Crippen molar-refractivity contribution in [2.45, 2.75) is 12.5 Å². The van der Waals surface area contributed by atoms with E-state index in [4.69, 9.17) is 11.2 Å². The summed E-state index contributed by atoms with van der Waals surface area (Å²) in [5.41, 5.74) is 0.827. The van der Waals surface area contributed by atoms with Crippen LogP contribution in [0.2, 0.25) is 0 Å². The van der Waals surface area contributed by atoms with Crippen molar-refractivity contribution in [3.63, 3.8) is 0 Å². The summed E-state index contributed by atoms with van der Waals surface area (Å²) in [5.74, 6) is 1.63. The summed E-state index contributed by atoms with van der Waals surface area (Å²) in [6.07, 6.45) is 6.42. The second-order valence-electron chi connectivity index (χ2n) is 4.24. The van der Waals surface area contributed by atoms with Crippen LogP contribution < -0.4 is 0 Å². The average Bonchev–Trinajstić information content (AvgIpc) is 2.41. The molecule has 1 aromatic rings. The second kappa shape index (κ2) is 7.08. The highest BCUT2D eigenvalue weighted by atomic mass is 32.2. The van der Waals surface area contributed by atoms with Gasteiger partial charge in [0, 0.05) is 0 Å².